The summed E-state index contributed by atoms with van der Waals surface area (Å²) in [7, 11) is 0. The summed E-state index contributed by atoms with van der Waals surface area (Å²) in [5, 5.41) is 0. The molecule has 0 radical (unpaired) electrons. The van der Waals surface area contributed by atoms with Gasteiger partial charge in [-0.05, 0) is 18.6 Å². The first-order chi connectivity index (χ1) is 8.28. The summed E-state index contributed by atoms with van der Waals surface area (Å²) in [6.45, 7) is 2.23. The van der Waals surface area contributed by atoms with Crippen LogP contribution in [0.4, 0.5) is 0 Å². The van der Waals surface area contributed by atoms with E-state index in [1.807, 2.05) is 37.3 Å². The van der Waals surface area contributed by atoms with Crippen LogP contribution < -0.4 is 10.3 Å². The predicted octanol–water partition coefficient (Wildman–Crippen LogP) is 1.91. The van der Waals surface area contributed by atoms with Crippen molar-refractivity contribution < 1.29 is 4.74 Å². The molecule has 0 unspecified atom stereocenters. The predicted molar refractivity (Wildman–Crippen MR) is 65.0 cm³/mol. The zero-order valence-corrected chi connectivity index (χ0v) is 9.64. The average Bonchev–Trinajstić information content (AvgIpc) is 2.37. The van der Waals surface area contributed by atoms with Gasteiger partial charge >= 0.3 is 0 Å². The maximum absolute atomic E-state index is 11.3. The van der Waals surface area contributed by atoms with Crippen molar-refractivity contribution >= 4 is 0 Å². The van der Waals surface area contributed by atoms with Crippen LogP contribution in [0, 0.1) is 0 Å². The van der Waals surface area contributed by atoms with Gasteiger partial charge in [0.05, 0.1) is 0 Å². The van der Waals surface area contributed by atoms with E-state index in [1.54, 1.807) is 0 Å². The molecule has 0 saturated carbocycles. The Morgan fingerprint density at radius 1 is 1.29 bits per heavy atom. The molecule has 0 bridgehead atoms. The van der Waals surface area contributed by atoms with E-state index < -0.39 is 0 Å². The Morgan fingerprint density at radius 3 is 2.76 bits per heavy atom. The lowest BCUT2D eigenvalue weighted by Crippen LogP contribution is -2.14. The fourth-order valence-corrected chi connectivity index (χ4v) is 1.48. The highest BCUT2D eigenvalue weighted by Crippen LogP contribution is 2.09. The van der Waals surface area contributed by atoms with Crippen LogP contribution >= 0.6 is 0 Å². The van der Waals surface area contributed by atoms with Gasteiger partial charge in [-0.3, -0.25) is 4.79 Å². The van der Waals surface area contributed by atoms with E-state index in [2.05, 4.69) is 9.97 Å². The lowest BCUT2D eigenvalue weighted by atomic mass is 10.3. The first kappa shape index (κ1) is 11.4. The summed E-state index contributed by atoms with van der Waals surface area (Å²) >= 11 is 0. The Balaban J connectivity index is 2.09. The number of ether oxygens (including phenoxy) is 1. The van der Waals surface area contributed by atoms with E-state index >= 15 is 0 Å². The van der Waals surface area contributed by atoms with Crippen molar-refractivity contribution in [2.75, 3.05) is 0 Å². The molecule has 1 N–H and O–H groups in total. The highest BCUT2D eigenvalue weighted by molar-refractivity contribution is 5.21. The number of nitrogens with one attached hydrogen (secondary N) is 1. The Labute approximate surface area is 99.3 Å². The van der Waals surface area contributed by atoms with Gasteiger partial charge in [-0.15, -0.1) is 0 Å². The molecule has 4 nitrogen and oxygen atoms in total. The molecule has 0 fully saturated rings. The number of aromatic amines is 1. The topological polar surface area (TPSA) is 55.0 Å². The van der Waals surface area contributed by atoms with Gasteiger partial charge in [0.15, 0.2) is 0 Å². The van der Waals surface area contributed by atoms with Crippen molar-refractivity contribution in [2.45, 2.75) is 20.0 Å². The largest absolute Gasteiger partial charge is 0.486 e. The highest BCUT2D eigenvalue weighted by atomic mass is 16.5. The van der Waals surface area contributed by atoms with Gasteiger partial charge in [0.2, 0.25) is 0 Å². The third kappa shape index (κ3) is 3.17. The zero-order valence-electron chi connectivity index (χ0n) is 9.64. The number of hydrogen-bond acceptors (Lipinski definition) is 3. The molecule has 2 rings (SSSR count). The fourth-order valence-electron chi connectivity index (χ4n) is 1.48. The first-order valence-electron chi connectivity index (χ1n) is 5.55. The van der Waals surface area contributed by atoms with Gasteiger partial charge in [-0.1, -0.05) is 25.1 Å². The summed E-state index contributed by atoms with van der Waals surface area (Å²) in [6, 6.07) is 10.9. The lowest BCUT2D eigenvalue weighted by Gasteiger charge is -2.05. The summed E-state index contributed by atoms with van der Waals surface area (Å²) in [5.41, 5.74) is 0.643. The van der Waals surface area contributed by atoms with E-state index in [1.165, 1.54) is 6.07 Å². The molecule has 2 aromatic rings. The quantitative estimate of drug-likeness (QED) is 0.872. The zero-order chi connectivity index (χ0) is 12.1. The molecule has 0 atom stereocenters. The molecular weight excluding hydrogens is 216 g/mol. The van der Waals surface area contributed by atoms with Crippen molar-refractivity contribution in [1.82, 2.24) is 9.97 Å². The molecule has 1 aromatic heterocycles. The Morgan fingerprint density at radius 2 is 2.06 bits per heavy atom. The number of aryl methyl sites for hydroxylation is 1. The molecule has 0 amide bonds. The second-order valence-electron chi connectivity index (χ2n) is 3.64. The second-order valence-corrected chi connectivity index (χ2v) is 3.64. The second kappa shape index (κ2) is 5.30. The SMILES string of the molecule is CCc1cc(=O)[nH]c(COc2ccccc2)n1. The van der Waals surface area contributed by atoms with E-state index in [-0.39, 0.29) is 12.2 Å². The smallest absolute Gasteiger partial charge is 0.251 e. The van der Waals surface area contributed by atoms with Gasteiger partial charge in [0.25, 0.3) is 5.56 Å². The summed E-state index contributed by atoms with van der Waals surface area (Å²) in [4.78, 5) is 18.3. The Kier molecular flexibility index (Phi) is 3.55. The summed E-state index contributed by atoms with van der Waals surface area (Å²) < 4.78 is 5.51. The number of benzene rings is 1. The van der Waals surface area contributed by atoms with E-state index in [9.17, 15) is 4.79 Å². The molecule has 1 heterocycles. The molecule has 0 saturated heterocycles. The van der Waals surface area contributed by atoms with Gasteiger partial charge in [0, 0.05) is 11.8 Å². The Hall–Kier alpha value is -2.10. The number of hydrogen-bond donors (Lipinski definition) is 1. The van der Waals surface area contributed by atoms with Crippen molar-refractivity contribution in [2.24, 2.45) is 0 Å². The van der Waals surface area contributed by atoms with Crippen LogP contribution in [0.3, 0.4) is 0 Å². The maximum Gasteiger partial charge on any atom is 0.251 e. The molecule has 17 heavy (non-hydrogen) atoms. The van der Waals surface area contributed by atoms with Crippen LogP contribution in [-0.4, -0.2) is 9.97 Å². The van der Waals surface area contributed by atoms with Gasteiger partial charge < -0.3 is 9.72 Å². The molecule has 88 valence electrons. The van der Waals surface area contributed by atoms with Gasteiger partial charge in [0.1, 0.15) is 18.2 Å². The van der Waals surface area contributed by atoms with Crippen LogP contribution in [-0.2, 0) is 13.0 Å². The number of H-pyrrole nitrogens is 1. The number of aromatic nitrogens is 2. The molecule has 0 aliphatic carbocycles. The van der Waals surface area contributed by atoms with E-state index in [4.69, 9.17) is 4.74 Å². The third-order valence-electron chi connectivity index (χ3n) is 2.32. The molecule has 0 aliphatic heterocycles. The molecule has 1 aromatic carbocycles. The highest BCUT2D eigenvalue weighted by Gasteiger charge is 2.01. The van der Waals surface area contributed by atoms with Crippen LogP contribution in [0.25, 0.3) is 0 Å². The van der Waals surface area contributed by atoms with Crippen molar-refractivity contribution in [3.8, 4) is 5.75 Å². The molecule has 4 heteroatoms. The standard InChI is InChI=1S/C13H14N2O2/c1-2-10-8-13(16)15-12(14-10)9-17-11-6-4-3-5-7-11/h3-8H,2,9H2,1H3,(H,14,15,16). The van der Waals surface area contributed by atoms with Crippen LogP contribution in [0.5, 0.6) is 5.75 Å². The van der Waals surface area contributed by atoms with Gasteiger partial charge in [-0.2, -0.15) is 0 Å². The van der Waals surface area contributed by atoms with Gasteiger partial charge in [-0.25, -0.2) is 4.98 Å². The summed E-state index contributed by atoms with van der Waals surface area (Å²) in [5.74, 6) is 1.32. The minimum Gasteiger partial charge on any atom is -0.486 e. The molecular formula is C13H14N2O2. The van der Waals surface area contributed by atoms with Crippen molar-refractivity contribution in [3.05, 3.63) is 58.3 Å². The number of nitrogens with zero attached hydrogens (tertiary/aromatic N) is 1. The fraction of sp³-hybridized carbons (Fsp3) is 0.231. The maximum atomic E-state index is 11.3. The van der Waals surface area contributed by atoms with E-state index in [0.29, 0.717) is 5.82 Å². The minimum absolute atomic E-state index is 0.136. The van der Waals surface area contributed by atoms with Crippen LogP contribution in [0.1, 0.15) is 18.4 Å². The summed E-state index contributed by atoms with van der Waals surface area (Å²) in [6.07, 6.45) is 0.738. The average molecular weight is 230 g/mol. The third-order valence-corrected chi connectivity index (χ3v) is 2.32. The van der Waals surface area contributed by atoms with Crippen molar-refractivity contribution in [1.29, 1.82) is 0 Å². The molecule has 0 aliphatic rings. The van der Waals surface area contributed by atoms with Crippen molar-refractivity contribution in [3.63, 3.8) is 0 Å². The first-order valence-corrected chi connectivity index (χ1v) is 5.55. The van der Waals surface area contributed by atoms with Crippen LogP contribution in [0.2, 0.25) is 0 Å². The normalized spacial score (nSPS) is 10.2. The Bertz CT molecular complexity index is 535. The minimum atomic E-state index is -0.136. The number of rotatable bonds is 4. The lowest BCUT2D eigenvalue weighted by molar-refractivity contribution is 0.295. The molecule has 0 spiro atoms. The monoisotopic (exact) mass is 230 g/mol. The van der Waals surface area contributed by atoms with E-state index in [0.717, 1.165) is 17.9 Å². The number of para-hydroxylation sites is 1. The van der Waals surface area contributed by atoms with Crippen LogP contribution in [0.15, 0.2) is 41.2 Å².